The van der Waals surface area contributed by atoms with Gasteiger partial charge in [0.25, 0.3) is 0 Å². The molecule has 108 valence electrons. The van der Waals surface area contributed by atoms with Crippen LogP contribution in [-0.4, -0.2) is 33.1 Å². The first-order chi connectivity index (χ1) is 8.71. The summed E-state index contributed by atoms with van der Waals surface area (Å²) in [4.78, 5) is 0. The summed E-state index contributed by atoms with van der Waals surface area (Å²) < 4.78 is 29.0. The Labute approximate surface area is 116 Å². The smallest absolute Gasteiger partial charge is 0.157 e. The van der Waals surface area contributed by atoms with Crippen LogP contribution in [0.4, 0.5) is 0 Å². The second kappa shape index (κ2) is 5.92. The third-order valence-corrected chi connectivity index (χ3v) is 5.80. The van der Waals surface area contributed by atoms with Gasteiger partial charge in [-0.3, -0.25) is 0 Å². The van der Waals surface area contributed by atoms with E-state index < -0.39 is 14.6 Å². The molecule has 5 heteroatoms. The molecule has 0 saturated heterocycles. The molecule has 0 fully saturated rings. The summed E-state index contributed by atoms with van der Waals surface area (Å²) in [5.41, 5.74) is 0.912. The lowest BCUT2D eigenvalue weighted by Crippen LogP contribution is -2.35. The zero-order valence-corrected chi connectivity index (χ0v) is 13.0. The largest absolute Gasteiger partial charge is 0.497 e. The van der Waals surface area contributed by atoms with Gasteiger partial charge in [-0.25, -0.2) is 8.42 Å². The summed E-state index contributed by atoms with van der Waals surface area (Å²) in [6.45, 7) is 5.17. The van der Waals surface area contributed by atoms with Crippen LogP contribution in [0.25, 0.3) is 0 Å². The fourth-order valence-corrected chi connectivity index (χ4v) is 2.97. The Balaban J connectivity index is 3.02. The highest BCUT2D eigenvalue weighted by atomic mass is 32.2. The predicted molar refractivity (Wildman–Crippen MR) is 78.3 cm³/mol. The maximum Gasteiger partial charge on any atom is 0.157 e. The molecule has 19 heavy (non-hydrogen) atoms. The van der Waals surface area contributed by atoms with Gasteiger partial charge in [0.05, 0.1) is 17.6 Å². The van der Waals surface area contributed by atoms with Gasteiger partial charge in [0.1, 0.15) is 5.75 Å². The van der Waals surface area contributed by atoms with Crippen LogP contribution in [0.2, 0.25) is 0 Å². The molecular formula is C14H23NO3S. The molecule has 1 aromatic rings. The van der Waals surface area contributed by atoms with E-state index in [0.717, 1.165) is 11.3 Å². The molecule has 1 atom stereocenters. The molecule has 4 nitrogen and oxygen atoms in total. The number of nitrogens with one attached hydrogen (secondary N) is 1. The average Bonchev–Trinajstić information content (AvgIpc) is 2.34. The van der Waals surface area contributed by atoms with Crippen LogP contribution >= 0.6 is 0 Å². The summed E-state index contributed by atoms with van der Waals surface area (Å²) in [5.74, 6) is 0.797. The SMILES string of the molecule is CNC(CS(=O)(=O)C(C)(C)C)c1cccc(OC)c1. The third-order valence-electron chi connectivity index (χ3n) is 3.16. The van der Waals surface area contributed by atoms with Gasteiger partial charge in [0.2, 0.25) is 0 Å². The highest BCUT2D eigenvalue weighted by Gasteiger charge is 2.31. The Bertz CT molecular complexity index is 518. The second-order valence-electron chi connectivity index (χ2n) is 5.51. The molecule has 1 unspecified atom stereocenters. The van der Waals surface area contributed by atoms with Crippen molar-refractivity contribution in [1.82, 2.24) is 5.32 Å². The molecule has 0 spiro atoms. The highest BCUT2D eigenvalue weighted by Crippen LogP contribution is 2.24. The van der Waals surface area contributed by atoms with E-state index >= 15 is 0 Å². The van der Waals surface area contributed by atoms with Crippen molar-refractivity contribution in [1.29, 1.82) is 0 Å². The fraction of sp³-hybridized carbons (Fsp3) is 0.571. The lowest BCUT2D eigenvalue weighted by Gasteiger charge is -2.24. The van der Waals surface area contributed by atoms with Gasteiger partial charge in [-0.15, -0.1) is 0 Å². The molecule has 1 rings (SSSR count). The zero-order chi connectivity index (χ0) is 14.7. The van der Waals surface area contributed by atoms with Gasteiger partial charge >= 0.3 is 0 Å². The quantitative estimate of drug-likeness (QED) is 0.901. The maximum atomic E-state index is 12.3. The van der Waals surface area contributed by atoms with Crippen molar-refractivity contribution in [3.8, 4) is 5.75 Å². The number of methoxy groups -OCH3 is 1. The van der Waals surface area contributed by atoms with Crippen LogP contribution in [0.3, 0.4) is 0 Å². The van der Waals surface area contributed by atoms with Gasteiger partial charge in [-0.2, -0.15) is 0 Å². The molecule has 0 radical (unpaired) electrons. The van der Waals surface area contributed by atoms with E-state index in [1.54, 1.807) is 34.9 Å². The summed E-state index contributed by atoms with van der Waals surface area (Å²) in [6, 6.07) is 7.23. The van der Waals surface area contributed by atoms with Crippen molar-refractivity contribution in [3.05, 3.63) is 29.8 Å². The van der Waals surface area contributed by atoms with Crippen molar-refractivity contribution >= 4 is 9.84 Å². The van der Waals surface area contributed by atoms with Gasteiger partial charge < -0.3 is 10.1 Å². The van der Waals surface area contributed by atoms with E-state index in [-0.39, 0.29) is 11.8 Å². The van der Waals surface area contributed by atoms with Crippen LogP contribution in [0, 0.1) is 0 Å². The Morgan fingerprint density at radius 1 is 1.32 bits per heavy atom. The normalized spacial score (nSPS) is 14.2. The number of ether oxygens (including phenoxy) is 1. The van der Waals surface area contributed by atoms with Gasteiger partial charge in [-0.1, -0.05) is 12.1 Å². The minimum Gasteiger partial charge on any atom is -0.497 e. The van der Waals surface area contributed by atoms with E-state index in [1.165, 1.54) is 0 Å². The summed E-state index contributed by atoms with van der Waals surface area (Å²) in [6.07, 6.45) is 0. The Morgan fingerprint density at radius 2 is 1.95 bits per heavy atom. The van der Waals surface area contributed by atoms with E-state index in [9.17, 15) is 8.42 Å². The molecule has 0 heterocycles. The number of rotatable bonds is 5. The average molecular weight is 285 g/mol. The van der Waals surface area contributed by atoms with E-state index in [1.807, 2.05) is 24.3 Å². The van der Waals surface area contributed by atoms with E-state index in [2.05, 4.69) is 5.32 Å². The maximum absolute atomic E-state index is 12.3. The van der Waals surface area contributed by atoms with Crippen molar-refractivity contribution < 1.29 is 13.2 Å². The van der Waals surface area contributed by atoms with E-state index in [4.69, 9.17) is 4.74 Å². The van der Waals surface area contributed by atoms with Crippen molar-refractivity contribution in [3.63, 3.8) is 0 Å². The number of sulfone groups is 1. The Kier molecular flexibility index (Phi) is 4.98. The number of hydrogen-bond acceptors (Lipinski definition) is 4. The molecule has 0 aromatic heterocycles. The summed E-state index contributed by atoms with van der Waals surface area (Å²) in [5, 5.41) is 3.06. The highest BCUT2D eigenvalue weighted by molar-refractivity contribution is 7.92. The molecule has 0 amide bonds. The van der Waals surface area contributed by atoms with Crippen LogP contribution in [0.5, 0.6) is 5.75 Å². The minimum absolute atomic E-state index is 0.0696. The van der Waals surface area contributed by atoms with Gasteiger partial charge in [0, 0.05) is 6.04 Å². The van der Waals surface area contributed by atoms with Gasteiger partial charge in [-0.05, 0) is 45.5 Å². The lowest BCUT2D eigenvalue weighted by molar-refractivity contribution is 0.413. The third kappa shape index (κ3) is 3.94. The Morgan fingerprint density at radius 3 is 2.42 bits per heavy atom. The standard InChI is InChI=1S/C14H23NO3S/c1-14(2,3)19(16,17)10-13(15-4)11-7-6-8-12(9-11)18-5/h6-9,13,15H,10H2,1-5H3. The summed E-state index contributed by atoms with van der Waals surface area (Å²) >= 11 is 0. The number of hydrogen-bond donors (Lipinski definition) is 1. The Hall–Kier alpha value is -1.07. The number of benzene rings is 1. The molecular weight excluding hydrogens is 262 g/mol. The molecule has 0 aliphatic rings. The lowest BCUT2D eigenvalue weighted by atomic mass is 10.1. The van der Waals surface area contributed by atoms with Crippen LogP contribution in [-0.2, 0) is 9.84 Å². The molecule has 1 aromatic carbocycles. The van der Waals surface area contributed by atoms with Crippen molar-refractivity contribution in [2.24, 2.45) is 0 Å². The molecule has 1 N–H and O–H groups in total. The van der Waals surface area contributed by atoms with Crippen LogP contribution < -0.4 is 10.1 Å². The monoisotopic (exact) mass is 285 g/mol. The predicted octanol–water partition coefficient (Wildman–Crippen LogP) is 2.17. The first-order valence-corrected chi connectivity index (χ1v) is 7.90. The first-order valence-electron chi connectivity index (χ1n) is 6.25. The second-order valence-corrected chi connectivity index (χ2v) is 8.30. The fourth-order valence-electron chi connectivity index (χ4n) is 1.67. The zero-order valence-electron chi connectivity index (χ0n) is 12.2. The van der Waals surface area contributed by atoms with Crippen molar-refractivity contribution in [2.45, 2.75) is 31.6 Å². The topological polar surface area (TPSA) is 55.4 Å². The molecule has 0 bridgehead atoms. The van der Waals surface area contributed by atoms with Gasteiger partial charge in [0.15, 0.2) is 9.84 Å². The molecule has 0 saturated carbocycles. The minimum atomic E-state index is -3.18. The molecule has 0 aliphatic carbocycles. The van der Waals surface area contributed by atoms with E-state index in [0.29, 0.717) is 0 Å². The molecule has 0 aliphatic heterocycles. The van der Waals surface area contributed by atoms with Crippen LogP contribution in [0.1, 0.15) is 32.4 Å². The first kappa shape index (κ1) is 16.0. The van der Waals surface area contributed by atoms with Crippen molar-refractivity contribution in [2.75, 3.05) is 19.9 Å². The van der Waals surface area contributed by atoms with Crippen LogP contribution in [0.15, 0.2) is 24.3 Å². The summed E-state index contributed by atoms with van der Waals surface area (Å²) in [7, 11) is 0.183.